The average Bonchev–Trinajstić information content (AvgIpc) is 3.22. The highest BCUT2D eigenvalue weighted by molar-refractivity contribution is 7.07. The molecule has 2 heterocycles. The summed E-state index contributed by atoms with van der Waals surface area (Å²) >= 11 is 7.48. The Morgan fingerprint density at radius 3 is 2.59 bits per heavy atom. The third-order valence-electron chi connectivity index (χ3n) is 6.20. The summed E-state index contributed by atoms with van der Waals surface area (Å²) in [5, 5.41) is 0.491. The summed E-state index contributed by atoms with van der Waals surface area (Å²) in [5.41, 5.74) is 2.51. The maximum atomic E-state index is 13.8. The molecule has 1 aromatic heterocycles. The Bertz CT molecular complexity index is 1740. The van der Waals surface area contributed by atoms with Crippen molar-refractivity contribution in [2.45, 2.75) is 26.5 Å². The van der Waals surface area contributed by atoms with E-state index in [1.54, 1.807) is 50.3 Å². The van der Waals surface area contributed by atoms with Gasteiger partial charge in [0.15, 0.2) is 4.80 Å². The second-order valence-electron chi connectivity index (χ2n) is 8.81. The van der Waals surface area contributed by atoms with Gasteiger partial charge in [0.1, 0.15) is 18.2 Å². The minimum Gasteiger partial charge on any atom is -0.488 e. The van der Waals surface area contributed by atoms with E-state index in [-0.39, 0.29) is 17.7 Å². The van der Waals surface area contributed by atoms with Crippen molar-refractivity contribution >= 4 is 35.0 Å². The predicted octanol–water partition coefficient (Wildman–Crippen LogP) is 5.17. The van der Waals surface area contributed by atoms with E-state index in [1.807, 2.05) is 30.3 Å². The molecule has 0 amide bonds. The molecule has 0 unspecified atom stereocenters. The van der Waals surface area contributed by atoms with E-state index in [0.29, 0.717) is 43.5 Å². The number of thiazole rings is 1. The highest BCUT2D eigenvalue weighted by Gasteiger charge is 2.33. The van der Waals surface area contributed by atoms with Crippen molar-refractivity contribution in [3.8, 4) is 5.75 Å². The van der Waals surface area contributed by atoms with Gasteiger partial charge in [0.25, 0.3) is 5.56 Å². The number of hydrogen-bond acceptors (Lipinski definition) is 6. The van der Waals surface area contributed by atoms with Crippen LogP contribution in [-0.2, 0) is 16.1 Å². The number of benzene rings is 3. The number of carbonyl (C=O) groups excluding carboxylic acids is 1. The first-order valence-electron chi connectivity index (χ1n) is 12.3. The highest BCUT2D eigenvalue weighted by atomic mass is 35.5. The molecule has 1 aliphatic rings. The predicted molar refractivity (Wildman–Crippen MR) is 149 cm³/mol. The quantitative estimate of drug-likeness (QED) is 0.291. The summed E-state index contributed by atoms with van der Waals surface area (Å²) in [6.45, 7) is 3.92. The normalized spacial score (nSPS) is 15.1. The Hall–Kier alpha value is -4.01. The van der Waals surface area contributed by atoms with Crippen LogP contribution in [0.5, 0.6) is 5.75 Å². The molecule has 6 nitrogen and oxygen atoms in total. The zero-order valence-corrected chi connectivity index (χ0v) is 22.8. The van der Waals surface area contributed by atoms with Gasteiger partial charge in [-0.25, -0.2) is 14.2 Å². The molecule has 0 saturated carbocycles. The molecule has 9 heteroatoms. The molecule has 0 saturated heterocycles. The minimum atomic E-state index is -0.823. The summed E-state index contributed by atoms with van der Waals surface area (Å²) in [4.78, 5) is 31.8. The Kier molecular flexibility index (Phi) is 7.77. The standard InChI is InChI=1S/C30H24ClFN2O4S/c1-3-37-29(36)26-18(2)33-30-34(27(26)20-9-12-23(32)13-10-20)28(35)25(39-30)16-21-15-22(31)11-14-24(21)38-17-19-7-5-4-6-8-19/h4-16,27H,3,17H2,1-2H3/b25-16-/t27-/m0/s1. The zero-order valence-electron chi connectivity index (χ0n) is 21.2. The van der Waals surface area contributed by atoms with Crippen LogP contribution in [0.1, 0.15) is 36.6 Å². The zero-order chi connectivity index (χ0) is 27.5. The van der Waals surface area contributed by atoms with E-state index in [4.69, 9.17) is 21.1 Å². The number of esters is 1. The van der Waals surface area contributed by atoms with Gasteiger partial charge in [-0.05, 0) is 61.4 Å². The van der Waals surface area contributed by atoms with Crippen LogP contribution in [0.25, 0.3) is 6.08 Å². The molecule has 0 fully saturated rings. The van der Waals surface area contributed by atoms with Crippen molar-refractivity contribution in [1.82, 2.24) is 4.57 Å². The van der Waals surface area contributed by atoms with E-state index >= 15 is 0 Å². The molecular formula is C30H24ClFN2O4S. The monoisotopic (exact) mass is 562 g/mol. The number of rotatable bonds is 7. The van der Waals surface area contributed by atoms with Crippen LogP contribution in [0.3, 0.4) is 0 Å². The molecule has 5 rings (SSSR count). The van der Waals surface area contributed by atoms with Crippen LogP contribution in [-0.4, -0.2) is 17.1 Å². The topological polar surface area (TPSA) is 69.9 Å². The highest BCUT2D eigenvalue weighted by Crippen LogP contribution is 2.31. The Morgan fingerprint density at radius 2 is 1.87 bits per heavy atom. The van der Waals surface area contributed by atoms with Crippen LogP contribution in [0, 0.1) is 5.82 Å². The molecule has 0 spiro atoms. The molecule has 198 valence electrons. The van der Waals surface area contributed by atoms with Crippen LogP contribution in [0.4, 0.5) is 4.39 Å². The van der Waals surface area contributed by atoms with Crippen molar-refractivity contribution in [3.05, 3.63) is 131 Å². The fourth-order valence-electron chi connectivity index (χ4n) is 4.39. The maximum absolute atomic E-state index is 13.8. The largest absolute Gasteiger partial charge is 0.488 e. The molecule has 0 bridgehead atoms. The first-order valence-corrected chi connectivity index (χ1v) is 13.5. The number of allylic oxidation sites excluding steroid dienone is 1. The first kappa shape index (κ1) is 26.6. The van der Waals surface area contributed by atoms with Crippen LogP contribution < -0.4 is 19.6 Å². The first-order chi connectivity index (χ1) is 18.9. The van der Waals surface area contributed by atoms with Crippen molar-refractivity contribution in [1.29, 1.82) is 0 Å². The number of fused-ring (bicyclic) bond motifs is 1. The third kappa shape index (κ3) is 5.57. The number of nitrogens with zero attached hydrogens (tertiary/aromatic N) is 2. The number of halogens is 2. The van der Waals surface area contributed by atoms with Gasteiger partial charge in [-0.3, -0.25) is 9.36 Å². The van der Waals surface area contributed by atoms with Crippen molar-refractivity contribution in [2.24, 2.45) is 4.99 Å². The van der Waals surface area contributed by atoms with Gasteiger partial charge in [0, 0.05) is 10.6 Å². The lowest BCUT2D eigenvalue weighted by atomic mass is 9.96. The molecule has 0 aliphatic carbocycles. The lowest BCUT2D eigenvalue weighted by Crippen LogP contribution is -2.39. The molecule has 1 atom stereocenters. The SMILES string of the molecule is CCOC(=O)C1=C(C)N=c2s/c(=C\c3cc(Cl)ccc3OCc3ccccc3)c(=O)n2[C@H]1c1ccc(F)cc1. The van der Waals surface area contributed by atoms with Gasteiger partial charge in [0.2, 0.25) is 0 Å². The van der Waals surface area contributed by atoms with Gasteiger partial charge < -0.3 is 9.47 Å². The molecule has 3 aromatic carbocycles. The molecule has 0 radical (unpaired) electrons. The Balaban J connectivity index is 1.63. The molecular weight excluding hydrogens is 539 g/mol. The molecule has 4 aromatic rings. The summed E-state index contributed by atoms with van der Waals surface area (Å²) < 4.78 is 26.9. The molecule has 0 N–H and O–H groups in total. The second kappa shape index (κ2) is 11.4. The number of aromatic nitrogens is 1. The minimum absolute atomic E-state index is 0.163. The van der Waals surface area contributed by atoms with Crippen molar-refractivity contribution in [3.63, 3.8) is 0 Å². The van der Waals surface area contributed by atoms with Gasteiger partial charge in [-0.1, -0.05) is 65.4 Å². The van der Waals surface area contributed by atoms with E-state index in [0.717, 1.165) is 5.56 Å². The smallest absolute Gasteiger partial charge is 0.338 e. The summed E-state index contributed by atoms with van der Waals surface area (Å²) in [7, 11) is 0. The van der Waals surface area contributed by atoms with Gasteiger partial charge >= 0.3 is 5.97 Å². The summed E-state index contributed by atoms with van der Waals surface area (Å²) in [6.07, 6.45) is 1.71. The van der Waals surface area contributed by atoms with E-state index < -0.39 is 17.8 Å². The lowest BCUT2D eigenvalue weighted by molar-refractivity contribution is -0.139. The van der Waals surface area contributed by atoms with E-state index in [2.05, 4.69) is 4.99 Å². The Morgan fingerprint density at radius 1 is 1.13 bits per heavy atom. The van der Waals surface area contributed by atoms with Crippen LogP contribution >= 0.6 is 22.9 Å². The van der Waals surface area contributed by atoms with E-state index in [9.17, 15) is 14.0 Å². The fraction of sp³-hybridized carbons (Fsp3) is 0.167. The number of carbonyl (C=O) groups is 1. The van der Waals surface area contributed by atoms with Crippen molar-refractivity contribution < 1.29 is 18.7 Å². The van der Waals surface area contributed by atoms with Gasteiger partial charge in [-0.2, -0.15) is 0 Å². The lowest BCUT2D eigenvalue weighted by Gasteiger charge is -2.24. The fourth-order valence-corrected chi connectivity index (χ4v) is 5.61. The van der Waals surface area contributed by atoms with E-state index in [1.165, 1.54) is 28.0 Å². The summed E-state index contributed by atoms with van der Waals surface area (Å²) in [6, 6.07) is 19.8. The van der Waals surface area contributed by atoms with Gasteiger partial charge in [0.05, 0.1) is 28.5 Å². The van der Waals surface area contributed by atoms with Crippen LogP contribution in [0.15, 0.2) is 93.9 Å². The number of hydrogen-bond donors (Lipinski definition) is 0. The Labute approximate surface area is 232 Å². The summed E-state index contributed by atoms with van der Waals surface area (Å²) in [5.74, 6) is -0.435. The van der Waals surface area contributed by atoms with Crippen LogP contribution in [0.2, 0.25) is 5.02 Å². The third-order valence-corrected chi connectivity index (χ3v) is 7.42. The van der Waals surface area contributed by atoms with Gasteiger partial charge in [-0.15, -0.1) is 0 Å². The average molecular weight is 563 g/mol. The molecule has 39 heavy (non-hydrogen) atoms. The number of ether oxygens (including phenoxy) is 2. The second-order valence-corrected chi connectivity index (χ2v) is 10.3. The van der Waals surface area contributed by atoms with Crippen molar-refractivity contribution in [2.75, 3.05) is 6.61 Å². The molecule has 1 aliphatic heterocycles. The maximum Gasteiger partial charge on any atom is 0.338 e.